The van der Waals surface area contributed by atoms with Gasteiger partial charge in [0.15, 0.2) is 0 Å². The lowest BCUT2D eigenvalue weighted by atomic mass is 9.84. The summed E-state index contributed by atoms with van der Waals surface area (Å²) in [6.07, 6.45) is 10.9. The van der Waals surface area contributed by atoms with E-state index >= 15 is 0 Å². The van der Waals surface area contributed by atoms with Gasteiger partial charge in [0.1, 0.15) is 5.82 Å². The third-order valence-electron chi connectivity index (χ3n) is 7.90. The van der Waals surface area contributed by atoms with E-state index in [1.807, 2.05) is 12.3 Å². The minimum atomic E-state index is 0.217. The van der Waals surface area contributed by atoms with Crippen molar-refractivity contribution in [3.63, 3.8) is 0 Å². The molecule has 176 valence electrons. The van der Waals surface area contributed by atoms with Gasteiger partial charge in [-0.1, -0.05) is 37.5 Å². The van der Waals surface area contributed by atoms with E-state index in [9.17, 15) is 4.79 Å². The standard InChI is InChI=1S/C28H38N4O/c33-28(26-13-11-25(12-14-26)24-8-2-1-3-9-24)32-16-6-7-23(22-32)21-30-17-19-31(20-18-30)27-10-4-5-15-29-27/h4-5,10-15,23-24H,1-3,6-9,16-22H2. The number of amides is 1. The molecule has 1 unspecified atom stereocenters. The van der Waals surface area contributed by atoms with Gasteiger partial charge in [-0.15, -0.1) is 0 Å². The molecule has 1 aromatic heterocycles. The molecule has 1 amide bonds. The predicted molar refractivity (Wildman–Crippen MR) is 134 cm³/mol. The Balaban J connectivity index is 1.12. The number of piperazine rings is 1. The first-order chi connectivity index (χ1) is 16.3. The number of rotatable bonds is 5. The second kappa shape index (κ2) is 10.7. The van der Waals surface area contributed by atoms with Crippen molar-refractivity contribution >= 4 is 11.7 Å². The van der Waals surface area contributed by atoms with Crippen LogP contribution < -0.4 is 4.90 Å². The summed E-state index contributed by atoms with van der Waals surface area (Å²) in [6, 6.07) is 14.7. The Morgan fingerprint density at radius 2 is 1.64 bits per heavy atom. The van der Waals surface area contributed by atoms with Crippen LogP contribution in [0.25, 0.3) is 0 Å². The molecule has 3 heterocycles. The monoisotopic (exact) mass is 446 g/mol. The number of nitrogens with zero attached hydrogens (tertiary/aromatic N) is 4. The zero-order chi connectivity index (χ0) is 22.5. The van der Waals surface area contributed by atoms with E-state index in [4.69, 9.17) is 0 Å². The summed E-state index contributed by atoms with van der Waals surface area (Å²) in [7, 11) is 0. The highest BCUT2D eigenvalue weighted by molar-refractivity contribution is 5.94. The maximum absolute atomic E-state index is 13.2. The van der Waals surface area contributed by atoms with Crippen molar-refractivity contribution < 1.29 is 4.79 Å². The van der Waals surface area contributed by atoms with E-state index in [0.717, 1.165) is 63.6 Å². The Labute approximate surface area is 198 Å². The van der Waals surface area contributed by atoms with Gasteiger partial charge < -0.3 is 9.80 Å². The van der Waals surface area contributed by atoms with Crippen LogP contribution in [0.5, 0.6) is 0 Å². The summed E-state index contributed by atoms with van der Waals surface area (Å²) >= 11 is 0. The molecule has 3 aliphatic rings. The maximum Gasteiger partial charge on any atom is 0.253 e. The first-order valence-electron chi connectivity index (χ1n) is 13.0. The van der Waals surface area contributed by atoms with Crippen molar-refractivity contribution in [2.24, 2.45) is 5.92 Å². The molecule has 1 aliphatic carbocycles. The fourth-order valence-electron chi connectivity index (χ4n) is 5.98. The van der Waals surface area contributed by atoms with Gasteiger partial charge in [-0.05, 0) is 67.3 Å². The number of carbonyl (C=O) groups is 1. The summed E-state index contributed by atoms with van der Waals surface area (Å²) in [5.41, 5.74) is 2.28. The Bertz CT molecular complexity index is 886. The van der Waals surface area contributed by atoms with E-state index in [1.165, 1.54) is 44.1 Å². The van der Waals surface area contributed by atoms with Crippen LogP contribution in [-0.4, -0.2) is 66.5 Å². The van der Waals surface area contributed by atoms with Crippen LogP contribution in [0.4, 0.5) is 5.82 Å². The van der Waals surface area contributed by atoms with Crippen LogP contribution in [0.15, 0.2) is 48.7 Å². The van der Waals surface area contributed by atoms with Crippen LogP contribution in [0, 0.1) is 5.92 Å². The first-order valence-corrected chi connectivity index (χ1v) is 13.0. The second-order valence-corrected chi connectivity index (χ2v) is 10.2. The molecule has 2 aliphatic heterocycles. The quantitative estimate of drug-likeness (QED) is 0.661. The van der Waals surface area contributed by atoms with Crippen molar-refractivity contribution in [3.05, 3.63) is 59.8 Å². The number of pyridine rings is 1. The molecule has 0 spiro atoms. The summed E-state index contributed by atoms with van der Waals surface area (Å²) in [5.74, 6) is 2.57. The molecule has 1 aromatic carbocycles. The van der Waals surface area contributed by atoms with Crippen molar-refractivity contribution in [1.82, 2.24) is 14.8 Å². The van der Waals surface area contributed by atoms with Gasteiger partial charge in [-0.2, -0.15) is 0 Å². The number of hydrogen-bond acceptors (Lipinski definition) is 4. The van der Waals surface area contributed by atoms with Crippen LogP contribution in [0.3, 0.4) is 0 Å². The Morgan fingerprint density at radius 3 is 2.36 bits per heavy atom. The Kier molecular flexibility index (Phi) is 7.25. The zero-order valence-corrected chi connectivity index (χ0v) is 19.9. The number of hydrogen-bond donors (Lipinski definition) is 0. The van der Waals surface area contributed by atoms with Crippen LogP contribution in [0.2, 0.25) is 0 Å². The molecular formula is C28H38N4O. The summed E-state index contributed by atoms with van der Waals surface area (Å²) in [5, 5.41) is 0. The molecule has 0 radical (unpaired) electrons. The highest BCUT2D eigenvalue weighted by Crippen LogP contribution is 2.32. The number of aromatic nitrogens is 1. The van der Waals surface area contributed by atoms with Gasteiger partial charge in [0, 0.05) is 57.6 Å². The molecule has 5 nitrogen and oxygen atoms in total. The smallest absolute Gasteiger partial charge is 0.253 e. The van der Waals surface area contributed by atoms with Crippen molar-refractivity contribution in [2.75, 3.05) is 50.7 Å². The van der Waals surface area contributed by atoms with Crippen molar-refractivity contribution in [2.45, 2.75) is 50.9 Å². The molecule has 3 fully saturated rings. The number of likely N-dealkylation sites (tertiary alicyclic amines) is 1. The van der Waals surface area contributed by atoms with Gasteiger partial charge in [-0.3, -0.25) is 9.69 Å². The molecule has 1 saturated carbocycles. The lowest BCUT2D eigenvalue weighted by Gasteiger charge is -2.39. The predicted octanol–water partition coefficient (Wildman–Crippen LogP) is 4.80. The molecule has 5 heteroatoms. The van der Waals surface area contributed by atoms with Crippen molar-refractivity contribution in [1.29, 1.82) is 0 Å². The van der Waals surface area contributed by atoms with Gasteiger partial charge >= 0.3 is 0 Å². The lowest BCUT2D eigenvalue weighted by Crippen LogP contribution is -2.50. The second-order valence-electron chi connectivity index (χ2n) is 10.2. The molecule has 1 atom stereocenters. The third-order valence-corrected chi connectivity index (χ3v) is 7.90. The number of benzene rings is 1. The van der Waals surface area contributed by atoms with E-state index in [-0.39, 0.29) is 5.91 Å². The Hall–Kier alpha value is -2.40. The SMILES string of the molecule is O=C(c1ccc(C2CCCCC2)cc1)N1CCCC(CN2CCN(c3ccccn3)CC2)C1. The topological polar surface area (TPSA) is 39.7 Å². The van der Waals surface area contributed by atoms with Crippen LogP contribution >= 0.6 is 0 Å². The first kappa shape index (κ1) is 22.4. The molecule has 2 saturated heterocycles. The Morgan fingerprint density at radius 1 is 0.848 bits per heavy atom. The third kappa shape index (κ3) is 5.57. The van der Waals surface area contributed by atoms with Gasteiger partial charge in [0.05, 0.1) is 0 Å². The summed E-state index contributed by atoms with van der Waals surface area (Å²) in [6.45, 7) is 7.09. The van der Waals surface area contributed by atoms with Crippen LogP contribution in [-0.2, 0) is 0 Å². The zero-order valence-electron chi connectivity index (χ0n) is 19.9. The molecule has 33 heavy (non-hydrogen) atoms. The van der Waals surface area contributed by atoms with Crippen molar-refractivity contribution in [3.8, 4) is 0 Å². The number of anilines is 1. The van der Waals surface area contributed by atoms with Gasteiger partial charge in [-0.25, -0.2) is 4.98 Å². The highest BCUT2D eigenvalue weighted by Gasteiger charge is 2.27. The number of piperidine rings is 1. The van der Waals surface area contributed by atoms with E-state index < -0.39 is 0 Å². The average Bonchev–Trinajstić information content (AvgIpc) is 2.90. The van der Waals surface area contributed by atoms with E-state index in [2.05, 4.69) is 56.1 Å². The summed E-state index contributed by atoms with van der Waals surface area (Å²) in [4.78, 5) is 24.8. The molecule has 2 aromatic rings. The fourth-order valence-corrected chi connectivity index (χ4v) is 5.98. The summed E-state index contributed by atoms with van der Waals surface area (Å²) < 4.78 is 0. The van der Waals surface area contributed by atoms with Gasteiger partial charge in [0.2, 0.25) is 0 Å². The molecule has 0 bridgehead atoms. The highest BCUT2D eigenvalue weighted by atomic mass is 16.2. The largest absolute Gasteiger partial charge is 0.354 e. The van der Waals surface area contributed by atoms with E-state index in [0.29, 0.717) is 11.8 Å². The van der Waals surface area contributed by atoms with E-state index in [1.54, 1.807) is 0 Å². The maximum atomic E-state index is 13.2. The molecule has 0 N–H and O–H groups in total. The molecular weight excluding hydrogens is 408 g/mol. The molecule has 5 rings (SSSR count). The lowest BCUT2D eigenvalue weighted by molar-refractivity contribution is 0.0637. The fraction of sp³-hybridized carbons (Fsp3) is 0.571. The van der Waals surface area contributed by atoms with Crippen LogP contribution in [0.1, 0.15) is 66.8 Å². The average molecular weight is 447 g/mol. The normalized spacial score (nSPS) is 23.0. The number of carbonyl (C=O) groups excluding carboxylic acids is 1. The minimum Gasteiger partial charge on any atom is -0.354 e. The van der Waals surface area contributed by atoms with Gasteiger partial charge in [0.25, 0.3) is 5.91 Å². The minimum absolute atomic E-state index is 0.217.